The molecule has 0 aromatic heterocycles. The van der Waals surface area contributed by atoms with Gasteiger partial charge < -0.3 is 15.0 Å². The van der Waals surface area contributed by atoms with Crippen LogP contribution in [0.5, 0.6) is 5.75 Å². The summed E-state index contributed by atoms with van der Waals surface area (Å²) in [6, 6.07) is 12.0. The fourth-order valence-electron chi connectivity index (χ4n) is 2.83. The van der Waals surface area contributed by atoms with Crippen LogP contribution in [0.15, 0.2) is 42.5 Å². The van der Waals surface area contributed by atoms with E-state index >= 15 is 0 Å². The van der Waals surface area contributed by atoms with E-state index in [2.05, 4.69) is 5.32 Å². The molecule has 1 N–H and O–H groups in total. The summed E-state index contributed by atoms with van der Waals surface area (Å²) >= 11 is 12.0. The lowest BCUT2D eigenvalue weighted by atomic mass is 10.1. The molecule has 2 rings (SSSR count). The number of benzene rings is 2. The molecule has 0 aliphatic heterocycles. The molecule has 0 saturated heterocycles. The van der Waals surface area contributed by atoms with Gasteiger partial charge in [0.2, 0.25) is 5.91 Å². The zero-order chi connectivity index (χ0) is 22.3. The van der Waals surface area contributed by atoms with Crippen molar-refractivity contribution in [3.8, 4) is 5.75 Å². The van der Waals surface area contributed by atoms with Crippen LogP contribution < -0.4 is 10.1 Å². The van der Waals surface area contributed by atoms with Gasteiger partial charge in [0.05, 0.1) is 5.02 Å². The van der Waals surface area contributed by atoms with E-state index < -0.39 is 6.04 Å². The normalized spacial score (nSPS) is 12.7. The Morgan fingerprint density at radius 1 is 1.13 bits per heavy atom. The maximum absolute atomic E-state index is 13.1. The van der Waals surface area contributed by atoms with Gasteiger partial charge in [0, 0.05) is 17.6 Å². The Morgan fingerprint density at radius 3 is 2.47 bits per heavy atom. The molecular weight excluding hydrogens is 423 g/mol. The minimum absolute atomic E-state index is 0.0273. The summed E-state index contributed by atoms with van der Waals surface area (Å²) in [5, 5.41) is 3.75. The molecule has 0 aliphatic rings. The zero-order valence-electron chi connectivity index (χ0n) is 17.7. The summed E-state index contributed by atoms with van der Waals surface area (Å²) in [7, 11) is 0. The van der Waals surface area contributed by atoms with Gasteiger partial charge >= 0.3 is 0 Å². The third-order valence-electron chi connectivity index (χ3n) is 5.02. The molecule has 0 spiro atoms. The fraction of sp³-hybridized carbons (Fsp3) is 0.391. The van der Waals surface area contributed by atoms with Gasteiger partial charge in [-0.1, -0.05) is 54.4 Å². The van der Waals surface area contributed by atoms with Crippen LogP contribution in [0.1, 0.15) is 38.3 Å². The summed E-state index contributed by atoms with van der Waals surface area (Å²) in [6.07, 6.45) is 0.808. The predicted octanol–water partition coefficient (Wildman–Crippen LogP) is 5.01. The third kappa shape index (κ3) is 6.64. The summed E-state index contributed by atoms with van der Waals surface area (Å²) in [6.45, 7) is 7.70. The second-order valence-corrected chi connectivity index (χ2v) is 8.15. The van der Waals surface area contributed by atoms with E-state index in [-0.39, 0.29) is 24.5 Å². The number of carbonyl (C=O) groups is 2. The standard InChI is InChI=1S/C23H28Cl2N2O3/c1-5-16(3)26-23(29)17(4)27(13-18-9-7-6-8-15(18)2)22(28)14-30-21-11-10-19(24)12-20(21)25/h6-12,16-17H,5,13-14H2,1-4H3,(H,26,29)/t16-,17+/m0/s1. The van der Waals surface area contributed by atoms with Crippen LogP contribution in [0.2, 0.25) is 10.0 Å². The first-order valence-corrected chi connectivity index (χ1v) is 10.7. The van der Waals surface area contributed by atoms with Gasteiger partial charge in [-0.25, -0.2) is 0 Å². The van der Waals surface area contributed by atoms with Crippen LogP contribution in [0.25, 0.3) is 0 Å². The number of nitrogens with one attached hydrogen (secondary N) is 1. The molecule has 0 unspecified atom stereocenters. The van der Waals surface area contributed by atoms with Gasteiger partial charge in [0.15, 0.2) is 6.61 Å². The predicted molar refractivity (Wildman–Crippen MR) is 121 cm³/mol. The quantitative estimate of drug-likeness (QED) is 0.583. The molecule has 7 heteroatoms. The first-order valence-electron chi connectivity index (χ1n) is 9.95. The summed E-state index contributed by atoms with van der Waals surface area (Å²) in [4.78, 5) is 27.3. The highest BCUT2D eigenvalue weighted by Crippen LogP contribution is 2.27. The van der Waals surface area contributed by atoms with E-state index in [9.17, 15) is 9.59 Å². The monoisotopic (exact) mass is 450 g/mol. The fourth-order valence-corrected chi connectivity index (χ4v) is 3.30. The van der Waals surface area contributed by atoms with Crippen molar-refractivity contribution in [2.24, 2.45) is 0 Å². The Kier molecular flexibility index (Phi) is 9.00. The molecule has 162 valence electrons. The van der Waals surface area contributed by atoms with Crippen molar-refractivity contribution >= 4 is 35.0 Å². The van der Waals surface area contributed by atoms with Crippen molar-refractivity contribution in [2.75, 3.05) is 6.61 Å². The number of aryl methyl sites for hydroxylation is 1. The van der Waals surface area contributed by atoms with Crippen molar-refractivity contribution < 1.29 is 14.3 Å². The average Bonchev–Trinajstić information content (AvgIpc) is 2.71. The molecule has 2 amide bonds. The number of hydrogen-bond donors (Lipinski definition) is 1. The molecule has 0 bridgehead atoms. The van der Waals surface area contributed by atoms with Crippen molar-refractivity contribution in [1.82, 2.24) is 10.2 Å². The molecule has 30 heavy (non-hydrogen) atoms. The number of amides is 2. The molecule has 2 aromatic rings. The van der Waals surface area contributed by atoms with Crippen molar-refractivity contribution in [3.63, 3.8) is 0 Å². The van der Waals surface area contributed by atoms with Crippen LogP contribution >= 0.6 is 23.2 Å². The second-order valence-electron chi connectivity index (χ2n) is 7.31. The van der Waals surface area contributed by atoms with E-state index in [1.54, 1.807) is 25.1 Å². The minimum atomic E-state index is -0.657. The van der Waals surface area contributed by atoms with Crippen LogP contribution in [-0.4, -0.2) is 35.4 Å². The van der Waals surface area contributed by atoms with E-state index in [0.29, 0.717) is 22.3 Å². The lowest BCUT2D eigenvalue weighted by Gasteiger charge is -2.30. The number of carbonyl (C=O) groups excluding carboxylic acids is 2. The Morgan fingerprint density at radius 2 is 1.83 bits per heavy atom. The van der Waals surface area contributed by atoms with E-state index in [1.165, 1.54) is 4.90 Å². The zero-order valence-corrected chi connectivity index (χ0v) is 19.3. The van der Waals surface area contributed by atoms with Gasteiger partial charge in [-0.15, -0.1) is 0 Å². The van der Waals surface area contributed by atoms with Gasteiger partial charge in [-0.05, 0) is 56.5 Å². The van der Waals surface area contributed by atoms with Gasteiger partial charge in [-0.2, -0.15) is 0 Å². The maximum Gasteiger partial charge on any atom is 0.261 e. The highest BCUT2D eigenvalue weighted by Gasteiger charge is 2.27. The van der Waals surface area contributed by atoms with E-state index in [0.717, 1.165) is 17.5 Å². The van der Waals surface area contributed by atoms with Crippen molar-refractivity contribution in [2.45, 2.75) is 52.7 Å². The Balaban J connectivity index is 2.19. The second kappa shape index (κ2) is 11.2. The van der Waals surface area contributed by atoms with Gasteiger partial charge in [0.1, 0.15) is 11.8 Å². The maximum atomic E-state index is 13.1. The lowest BCUT2D eigenvalue weighted by Crippen LogP contribution is -2.50. The minimum Gasteiger partial charge on any atom is -0.482 e. The molecule has 0 fully saturated rings. The van der Waals surface area contributed by atoms with Gasteiger partial charge in [-0.3, -0.25) is 9.59 Å². The number of halogens is 2. The molecule has 0 saturated carbocycles. The Labute approximate surface area is 188 Å². The third-order valence-corrected chi connectivity index (χ3v) is 5.55. The lowest BCUT2D eigenvalue weighted by molar-refractivity contribution is -0.142. The van der Waals surface area contributed by atoms with Crippen LogP contribution in [-0.2, 0) is 16.1 Å². The van der Waals surface area contributed by atoms with Crippen LogP contribution in [0, 0.1) is 6.92 Å². The topological polar surface area (TPSA) is 58.6 Å². The van der Waals surface area contributed by atoms with Gasteiger partial charge in [0.25, 0.3) is 5.91 Å². The molecule has 5 nitrogen and oxygen atoms in total. The smallest absolute Gasteiger partial charge is 0.261 e. The largest absolute Gasteiger partial charge is 0.482 e. The molecule has 0 aliphatic carbocycles. The Hall–Kier alpha value is -2.24. The molecule has 2 aromatic carbocycles. The number of nitrogens with zero attached hydrogens (tertiary/aromatic N) is 1. The number of rotatable bonds is 9. The summed E-state index contributed by atoms with van der Waals surface area (Å²) < 4.78 is 5.62. The molecular formula is C23H28Cl2N2O3. The van der Waals surface area contributed by atoms with E-state index in [4.69, 9.17) is 27.9 Å². The summed E-state index contributed by atoms with van der Waals surface area (Å²) in [5.74, 6) is -0.145. The van der Waals surface area contributed by atoms with Crippen molar-refractivity contribution in [3.05, 3.63) is 63.6 Å². The van der Waals surface area contributed by atoms with Crippen LogP contribution in [0.4, 0.5) is 0 Å². The highest BCUT2D eigenvalue weighted by molar-refractivity contribution is 6.35. The summed E-state index contributed by atoms with van der Waals surface area (Å²) in [5.41, 5.74) is 2.02. The van der Waals surface area contributed by atoms with Crippen LogP contribution in [0.3, 0.4) is 0 Å². The van der Waals surface area contributed by atoms with E-state index in [1.807, 2.05) is 45.0 Å². The number of ether oxygens (including phenoxy) is 1. The molecule has 0 heterocycles. The first-order chi connectivity index (χ1) is 14.2. The number of hydrogen-bond acceptors (Lipinski definition) is 3. The first kappa shape index (κ1) is 24.0. The SMILES string of the molecule is CC[C@H](C)NC(=O)[C@@H](C)N(Cc1ccccc1C)C(=O)COc1ccc(Cl)cc1Cl. The van der Waals surface area contributed by atoms with Crippen molar-refractivity contribution in [1.29, 1.82) is 0 Å². The molecule has 2 atom stereocenters. The average molecular weight is 451 g/mol. The highest BCUT2D eigenvalue weighted by atomic mass is 35.5. The molecule has 0 radical (unpaired) electrons. The Bertz CT molecular complexity index is 889.